The zero-order valence-electron chi connectivity index (χ0n) is 27.0. The van der Waals surface area contributed by atoms with Crippen LogP contribution in [-0.2, 0) is 10.0 Å². The number of ether oxygens (including phenoxy) is 1. The Hall–Kier alpha value is -4.27. The molecule has 4 heterocycles. The van der Waals surface area contributed by atoms with E-state index in [0.717, 1.165) is 75.2 Å². The van der Waals surface area contributed by atoms with Gasteiger partial charge in [0.25, 0.3) is 0 Å². The van der Waals surface area contributed by atoms with E-state index in [1.165, 1.54) is 11.9 Å². The molecule has 0 atom stereocenters. The van der Waals surface area contributed by atoms with Crippen LogP contribution < -0.4 is 25.0 Å². The number of piperidine rings is 1. The molecular weight excluding hydrogens is 604 g/mol. The summed E-state index contributed by atoms with van der Waals surface area (Å²) in [5, 5.41) is 6.61. The average Bonchev–Trinajstić information content (AvgIpc) is 3.04. The van der Waals surface area contributed by atoms with Gasteiger partial charge in [-0.05, 0) is 57.5 Å². The summed E-state index contributed by atoms with van der Waals surface area (Å²) in [6.07, 6.45) is 8.20. The SMILES string of the molecule is COc1cc(N2CCC(N3CCN(C)CC3)CC2)c(C)cc1Nc1ncc(C)c(Nc2ccc3nccnc3c2NS(C)(=O)=O)n1. The second-order valence-electron chi connectivity index (χ2n) is 12.2. The average molecular weight is 647 g/mol. The Morgan fingerprint density at radius 2 is 1.63 bits per heavy atom. The minimum absolute atomic E-state index is 0.293. The monoisotopic (exact) mass is 646 g/mol. The van der Waals surface area contributed by atoms with Crippen LogP contribution in [0.2, 0.25) is 0 Å². The maximum Gasteiger partial charge on any atom is 0.229 e. The highest BCUT2D eigenvalue weighted by atomic mass is 32.2. The summed E-state index contributed by atoms with van der Waals surface area (Å²) >= 11 is 0. The van der Waals surface area contributed by atoms with Crippen LogP contribution in [0.3, 0.4) is 0 Å². The Kier molecular flexibility index (Phi) is 9.11. The quantitative estimate of drug-likeness (QED) is 0.241. The first kappa shape index (κ1) is 31.7. The number of sulfonamides is 1. The van der Waals surface area contributed by atoms with Gasteiger partial charge < -0.3 is 25.2 Å². The van der Waals surface area contributed by atoms with Crippen molar-refractivity contribution in [3.63, 3.8) is 0 Å². The molecule has 14 heteroatoms. The molecule has 0 unspecified atom stereocenters. The van der Waals surface area contributed by atoms with Crippen molar-refractivity contribution < 1.29 is 13.2 Å². The molecule has 0 saturated carbocycles. The number of aromatic nitrogens is 4. The summed E-state index contributed by atoms with van der Waals surface area (Å²) in [5.41, 5.74) is 5.61. The molecule has 2 saturated heterocycles. The van der Waals surface area contributed by atoms with Crippen molar-refractivity contribution in [1.29, 1.82) is 0 Å². The molecule has 2 aromatic carbocycles. The van der Waals surface area contributed by atoms with Crippen molar-refractivity contribution in [3.8, 4) is 5.75 Å². The molecule has 2 aliphatic heterocycles. The molecule has 2 fully saturated rings. The van der Waals surface area contributed by atoms with Crippen LogP contribution in [0.5, 0.6) is 5.75 Å². The summed E-state index contributed by atoms with van der Waals surface area (Å²) in [5.74, 6) is 1.57. The van der Waals surface area contributed by atoms with Crippen molar-refractivity contribution >= 4 is 55.6 Å². The molecule has 2 aromatic heterocycles. The second kappa shape index (κ2) is 13.2. The van der Waals surface area contributed by atoms with Gasteiger partial charge in [0.05, 0.1) is 35.9 Å². The summed E-state index contributed by atoms with van der Waals surface area (Å²) in [4.78, 5) is 25.5. The number of nitrogens with one attached hydrogen (secondary N) is 3. The lowest BCUT2D eigenvalue weighted by atomic mass is 10.0. The van der Waals surface area contributed by atoms with Crippen LogP contribution in [0.25, 0.3) is 11.0 Å². The molecule has 0 amide bonds. The van der Waals surface area contributed by atoms with Gasteiger partial charge in [-0.25, -0.2) is 13.4 Å². The lowest BCUT2D eigenvalue weighted by Gasteiger charge is -2.43. The number of likely N-dealkylation sites (N-methyl/N-ethyl adjacent to an activating group) is 1. The van der Waals surface area contributed by atoms with E-state index in [2.05, 4.69) is 71.1 Å². The number of hydrogen-bond donors (Lipinski definition) is 3. The summed E-state index contributed by atoms with van der Waals surface area (Å²) in [6.45, 7) is 10.6. The summed E-state index contributed by atoms with van der Waals surface area (Å²) in [6, 6.07) is 8.35. The van der Waals surface area contributed by atoms with Gasteiger partial charge in [0, 0.05) is 81.2 Å². The Labute approximate surface area is 270 Å². The lowest BCUT2D eigenvalue weighted by molar-refractivity contribution is 0.0982. The van der Waals surface area contributed by atoms with Crippen LogP contribution in [0.15, 0.2) is 42.9 Å². The van der Waals surface area contributed by atoms with Gasteiger partial charge in [-0.3, -0.25) is 19.6 Å². The van der Waals surface area contributed by atoms with E-state index in [-0.39, 0.29) is 0 Å². The smallest absolute Gasteiger partial charge is 0.229 e. The number of nitrogens with zero attached hydrogens (tertiary/aromatic N) is 7. The molecule has 4 aromatic rings. The van der Waals surface area contributed by atoms with Crippen molar-refractivity contribution in [2.75, 3.05) is 79.9 Å². The number of aryl methyl sites for hydroxylation is 2. The molecular formula is C32H42N10O3S. The van der Waals surface area contributed by atoms with Crippen molar-refractivity contribution in [2.45, 2.75) is 32.7 Å². The van der Waals surface area contributed by atoms with E-state index >= 15 is 0 Å². The molecule has 13 nitrogen and oxygen atoms in total. The first-order valence-corrected chi connectivity index (χ1v) is 17.4. The number of fused-ring (bicyclic) bond motifs is 1. The van der Waals surface area contributed by atoms with Crippen molar-refractivity contribution in [1.82, 2.24) is 29.7 Å². The predicted octanol–water partition coefficient (Wildman–Crippen LogP) is 4.12. The van der Waals surface area contributed by atoms with E-state index in [0.29, 0.717) is 46.0 Å². The van der Waals surface area contributed by atoms with E-state index in [1.807, 2.05) is 6.92 Å². The summed E-state index contributed by atoms with van der Waals surface area (Å²) in [7, 11) is 0.271. The van der Waals surface area contributed by atoms with Gasteiger partial charge in [0.1, 0.15) is 17.1 Å². The van der Waals surface area contributed by atoms with Gasteiger partial charge in [-0.2, -0.15) is 4.98 Å². The highest BCUT2D eigenvalue weighted by Crippen LogP contribution is 2.37. The number of anilines is 6. The van der Waals surface area contributed by atoms with Crippen LogP contribution >= 0.6 is 0 Å². The van der Waals surface area contributed by atoms with Crippen molar-refractivity contribution in [2.24, 2.45) is 0 Å². The maximum absolute atomic E-state index is 12.2. The third-order valence-corrected chi connectivity index (χ3v) is 9.35. The fourth-order valence-corrected chi connectivity index (χ4v) is 6.83. The number of hydrogen-bond acceptors (Lipinski definition) is 12. The fourth-order valence-electron chi connectivity index (χ4n) is 6.25. The molecule has 0 aliphatic carbocycles. The molecule has 46 heavy (non-hydrogen) atoms. The Morgan fingerprint density at radius 3 is 2.35 bits per heavy atom. The molecule has 6 rings (SSSR count). The van der Waals surface area contributed by atoms with E-state index in [1.54, 1.807) is 31.6 Å². The number of methoxy groups -OCH3 is 1. The van der Waals surface area contributed by atoms with Crippen LogP contribution in [0, 0.1) is 13.8 Å². The standard InChI is InChI=1S/C32H42N10O3S/c1-21-18-26(28(45-4)19-27(21)42-12-8-23(9-13-42)41-16-14-40(3)15-17-41)37-32-35-20-22(2)31(38-32)36-25-7-6-24-29(34-11-10-33-24)30(25)39-46(5,43)44/h6-7,10-11,18-20,23,39H,8-9,12-17H2,1-5H3,(H2,35,36,37,38). The third kappa shape index (κ3) is 7.08. The van der Waals surface area contributed by atoms with Crippen LogP contribution in [0.4, 0.5) is 34.5 Å². The molecule has 244 valence electrons. The largest absolute Gasteiger partial charge is 0.494 e. The molecule has 2 aliphatic rings. The van der Waals surface area contributed by atoms with Crippen molar-refractivity contribution in [3.05, 3.63) is 54.0 Å². The zero-order chi connectivity index (χ0) is 32.4. The van der Waals surface area contributed by atoms with E-state index < -0.39 is 10.0 Å². The molecule has 0 spiro atoms. The number of benzene rings is 2. The Morgan fingerprint density at radius 1 is 0.891 bits per heavy atom. The van der Waals surface area contributed by atoms with E-state index in [9.17, 15) is 8.42 Å². The predicted molar refractivity (Wildman–Crippen MR) is 183 cm³/mol. The second-order valence-corrected chi connectivity index (χ2v) is 13.9. The lowest BCUT2D eigenvalue weighted by Crippen LogP contribution is -2.52. The number of piperazine rings is 1. The van der Waals surface area contributed by atoms with Gasteiger partial charge in [0.2, 0.25) is 16.0 Å². The highest BCUT2D eigenvalue weighted by Gasteiger charge is 2.28. The normalized spacial score (nSPS) is 16.8. The maximum atomic E-state index is 12.2. The highest BCUT2D eigenvalue weighted by molar-refractivity contribution is 7.92. The fraction of sp³-hybridized carbons (Fsp3) is 0.438. The van der Waals surface area contributed by atoms with Crippen LogP contribution in [0.1, 0.15) is 24.0 Å². The van der Waals surface area contributed by atoms with Gasteiger partial charge in [-0.15, -0.1) is 0 Å². The molecule has 0 radical (unpaired) electrons. The zero-order valence-corrected chi connectivity index (χ0v) is 27.9. The van der Waals surface area contributed by atoms with Crippen LogP contribution in [-0.4, -0.2) is 104 Å². The van der Waals surface area contributed by atoms with Gasteiger partial charge in [0.15, 0.2) is 0 Å². The number of rotatable bonds is 9. The minimum Gasteiger partial charge on any atom is -0.494 e. The first-order chi connectivity index (χ1) is 22.1. The van der Waals surface area contributed by atoms with Gasteiger partial charge >= 0.3 is 0 Å². The first-order valence-electron chi connectivity index (χ1n) is 15.5. The van der Waals surface area contributed by atoms with E-state index in [4.69, 9.17) is 9.72 Å². The summed E-state index contributed by atoms with van der Waals surface area (Å²) < 4.78 is 32.9. The third-order valence-electron chi connectivity index (χ3n) is 8.78. The molecule has 3 N–H and O–H groups in total. The minimum atomic E-state index is -3.60. The van der Waals surface area contributed by atoms with Gasteiger partial charge in [-0.1, -0.05) is 0 Å². The Balaban J connectivity index is 1.20. The Bertz CT molecular complexity index is 1820. The molecule has 0 bridgehead atoms. The topological polar surface area (TPSA) is 141 Å².